The molecule has 0 radical (unpaired) electrons. The van der Waals surface area contributed by atoms with Crippen molar-refractivity contribution in [1.82, 2.24) is 5.32 Å². The van der Waals surface area contributed by atoms with Crippen LogP contribution in [0.5, 0.6) is 23.0 Å². The van der Waals surface area contributed by atoms with E-state index < -0.39 is 5.91 Å². The first kappa shape index (κ1) is 20.9. The lowest BCUT2D eigenvalue weighted by Crippen LogP contribution is -2.31. The fraction of sp³-hybridized carbons (Fsp3) is 0.300. The Morgan fingerprint density at radius 3 is 2.32 bits per heavy atom. The topological polar surface area (TPSA) is 109 Å². The number of methoxy groups -OCH3 is 3. The maximum atomic E-state index is 12.0. The predicted octanol–water partition coefficient (Wildman–Crippen LogP) is 1.55. The Morgan fingerprint density at radius 2 is 1.68 bits per heavy atom. The summed E-state index contributed by atoms with van der Waals surface area (Å²) in [5, 5.41) is 2.76. The largest absolute Gasteiger partial charge is 0.497 e. The van der Waals surface area contributed by atoms with Crippen LogP contribution in [0.25, 0.3) is 0 Å². The van der Waals surface area contributed by atoms with Crippen molar-refractivity contribution in [2.24, 2.45) is 5.73 Å². The molecule has 3 N–H and O–H groups in total. The smallest absolute Gasteiger partial charge is 0.257 e. The zero-order valence-electron chi connectivity index (χ0n) is 16.1. The molecule has 2 aromatic rings. The van der Waals surface area contributed by atoms with E-state index in [4.69, 9.17) is 24.7 Å². The number of nitrogens with one attached hydrogen (secondary N) is 1. The van der Waals surface area contributed by atoms with Gasteiger partial charge in [0, 0.05) is 12.6 Å². The normalized spacial score (nSPS) is 10.1. The van der Waals surface area contributed by atoms with Crippen molar-refractivity contribution in [2.75, 3.05) is 34.5 Å². The van der Waals surface area contributed by atoms with Gasteiger partial charge in [-0.05, 0) is 36.2 Å². The monoisotopic (exact) mass is 388 g/mol. The lowest BCUT2D eigenvalue weighted by molar-refractivity contribution is -0.123. The van der Waals surface area contributed by atoms with E-state index in [1.54, 1.807) is 20.3 Å². The number of carbonyl (C=O) groups excluding carboxylic acids is 2. The van der Waals surface area contributed by atoms with Gasteiger partial charge in [-0.15, -0.1) is 0 Å². The van der Waals surface area contributed by atoms with Gasteiger partial charge in [0.05, 0.1) is 26.9 Å². The summed E-state index contributed by atoms with van der Waals surface area (Å²) in [6, 6.07) is 10.2. The number of primary amides is 1. The molecule has 28 heavy (non-hydrogen) atoms. The predicted molar refractivity (Wildman–Crippen MR) is 103 cm³/mol. The van der Waals surface area contributed by atoms with Crippen LogP contribution in [0.1, 0.15) is 15.9 Å². The average Bonchev–Trinajstić information content (AvgIpc) is 2.71. The van der Waals surface area contributed by atoms with E-state index in [0.29, 0.717) is 30.2 Å². The van der Waals surface area contributed by atoms with E-state index in [0.717, 1.165) is 5.56 Å². The third kappa shape index (κ3) is 5.54. The van der Waals surface area contributed by atoms with Gasteiger partial charge in [-0.25, -0.2) is 0 Å². The maximum absolute atomic E-state index is 12.0. The van der Waals surface area contributed by atoms with Gasteiger partial charge in [0.1, 0.15) is 11.5 Å². The number of hydrogen-bond donors (Lipinski definition) is 2. The van der Waals surface area contributed by atoms with Crippen molar-refractivity contribution >= 4 is 11.8 Å². The van der Waals surface area contributed by atoms with Crippen molar-refractivity contribution in [3.8, 4) is 23.0 Å². The second-order valence-electron chi connectivity index (χ2n) is 5.80. The Bertz CT molecular complexity index is 837. The van der Waals surface area contributed by atoms with E-state index in [9.17, 15) is 9.59 Å². The molecule has 150 valence electrons. The van der Waals surface area contributed by atoms with Crippen molar-refractivity contribution in [3.63, 3.8) is 0 Å². The van der Waals surface area contributed by atoms with Crippen molar-refractivity contribution < 1.29 is 28.5 Å². The first-order valence-corrected chi connectivity index (χ1v) is 8.56. The summed E-state index contributed by atoms with van der Waals surface area (Å²) < 4.78 is 21.0. The van der Waals surface area contributed by atoms with Crippen molar-refractivity contribution in [3.05, 3.63) is 47.5 Å². The number of ether oxygens (including phenoxy) is 4. The molecule has 0 aliphatic rings. The number of benzene rings is 2. The number of nitrogens with two attached hydrogens (primary N) is 1. The van der Waals surface area contributed by atoms with Gasteiger partial charge in [0.25, 0.3) is 11.8 Å². The van der Waals surface area contributed by atoms with Gasteiger partial charge >= 0.3 is 0 Å². The lowest BCUT2D eigenvalue weighted by Gasteiger charge is -2.12. The SMILES string of the molecule is COc1ccc(C(N)=O)c(OCC(=O)NCCc2ccc(OC)c(OC)c2)c1. The van der Waals surface area contributed by atoms with Gasteiger partial charge in [0.2, 0.25) is 0 Å². The summed E-state index contributed by atoms with van der Waals surface area (Å²) in [4.78, 5) is 23.5. The number of hydrogen-bond acceptors (Lipinski definition) is 6. The first-order valence-electron chi connectivity index (χ1n) is 8.56. The fourth-order valence-electron chi connectivity index (χ4n) is 2.53. The molecule has 0 aromatic heterocycles. The molecular weight excluding hydrogens is 364 g/mol. The van der Waals surface area contributed by atoms with Crippen LogP contribution in [0.2, 0.25) is 0 Å². The van der Waals surface area contributed by atoms with Crippen molar-refractivity contribution in [2.45, 2.75) is 6.42 Å². The number of amides is 2. The zero-order chi connectivity index (χ0) is 20.5. The van der Waals surface area contributed by atoms with Crippen LogP contribution in [-0.2, 0) is 11.2 Å². The molecule has 2 rings (SSSR count). The standard InChI is InChI=1S/C20H24N2O6/c1-25-14-5-6-15(20(21)24)17(11-14)28-12-19(23)22-9-8-13-4-7-16(26-2)18(10-13)27-3/h4-7,10-11H,8-9,12H2,1-3H3,(H2,21,24)(H,22,23). The number of rotatable bonds is 10. The van der Waals surface area contributed by atoms with E-state index in [1.165, 1.54) is 19.2 Å². The molecule has 0 saturated carbocycles. The molecular formula is C20H24N2O6. The van der Waals surface area contributed by atoms with E-state index in [2.05, 4.69) is 5.32 Å². The van der Waals surface area contributed by atoms with E-state index >= 15 is 0 Å². The molecule has 0 saturated heterocycles. The Balaban J connectivity index is 1.87. The summed E-state index contributed by atoms with van der Waals surface area (Å²) in [6.45, 7) is 0.165. The molecule has 0 bridgehead atoms. The Kier molecular flexibility index (Phi) is 7.50. The minimum Gasteiger partial charge on any atom is -0.497 e. The summed E-state index contributed by atoms with van der Waals surface area (Å²) >= 11 is 0. The van der Waals surface area contributed by atoms with Crippen LogP contribution in [0, 0.1) is 0 Å². The molecule has 0 heterocycles. The molecule has 8 nitrogen and oxygen atoms in total. The summed E-state index contributed by atoms with van der Waals surface area (Å²) in [7, 11) is 4.63. The van der Waals surface area contributed by atoms with Crippen LogP contribution in [0.4, 0.5) is 0 Å². The number of carbonyl (C=O) groups is 2. The van der Waals surface area contributed by atoms with Gasteiger partial charge in [-0.2, -0.15) is 0 Å². The average molecular weight is 388 g/mol. The van der Waals surface area contributed by atoms with Crippen LogP contribution >= 0.6 is 0 Å². The quantitative estimate of drug-likeness (QED) is 0.639. The lowest BCUT2D eigenvalue weighted by atomic mass is 10.1. The molecule has 0 atom stereocenters. The Hall–Kier alpha value is -3.42. The van der Waals surface area contributed by atoms with Crippen LogP contribution in [0.3, 0.4) is 0 Å². The Morgan fingerprint density at radius 1 is 0.929 bits per heavy atom. The first-order chi connectivity index (χ1) is 13.5. The summed E-state index contributed by atoms with van der Waals surface area (Å²) in [5.74, 6) is 1.000. The summed E-state index contributed by atoms with van der Waals surface area (Å²) in [5.41, 5.74) is 6.49. The molecule has 0 aliphatic carbocycles. The second kappa shape index (κ2) is 10.1. The van der Waals surface area contributed by atoms with Gasteiger partial charge in [-0.1, -0.05) is 6.07 Å². The third-order valence-electron chi connectivity index (χ3n) is 4.00. The van der Waals surface area contributed by atoms with Crippen LogP contribution < -0.4 is 30.0 Å². The Labute approximate surface area is 163 Å². The minimum absolute atomic E-state index is 0.180. The molecule has 2 aromatic carbocycles. The van der Waals surface area contributed by atoms with Gasteiger partial charge < -0.3 is 30.0 Å². The van der Waals surface area contributed by atoms with Gasteiger partial charge in [0.15, 0.2) is 18.1 Å². The highest BCUT2D eigenvalue weighted by atomic mass is 16.5. The second-order valence-corrected chi connectivity index (χ2v) is 5.80. The maximum Gasteiger partial charge on any atom is 0.257 e. The highest BCUT2D eigenvalue weighted by Crippen LogP contribution is 2.27. The molecule has 0 aliphatic heterocycles. The molecule has 0 unspecified atom stereocenters. The molecule has 0 spiro atoms. The zero-order valence-corrected chi connectivity index (χ0v) is 16.1. The van der Waals surface area contributed by atoms with E-state index in [1.807, 2.05) is 18.2 Å². The molecule has 2 amide bonds. The summed E-state index contributed by atoms with van der Waals surface area (Å²) in [6.07, 6.45) is 0.609. The molecule has 0 fully saturated rings. The molecule has 8 heteroatoms. The third-order valence-corrected chi connectivity index (χ3v) is 4.00. The van der Waals surface area contributed by atoms with Crippen LogP contribution in [-0.4, -0.2) is 46.3 Å². The van der Waals surface area contributed by atoms with E-state index in [-0.39, 0.29) is 23.8 Å². The highest BCUT2D eigenvalue weighted by molar-refractivity contribution is 5.96. The highest BCUT2D eigenvalue weighted by Gasteiger charge is 2.13. The van der Waals surface area contributed by atoms with Crippen LogP contribution in [0.15, 0.2) is 36.4 Å². The van der Waals surface area contributed by atoms with Gasteiger partial charge in [-0.3, -0.25) is 9.59 Å². The van der Waals surface area contributed by atoms with Crippen molar-refractivity contribution in [1.29, 1.82) is 0 Å². The fourth-order valence-corrected chi connectivity index (χ4v) is 2.53. The minimum atomic E-state index is -0.647.